The van der Waals surface area contributed by atoms with Gasteiger partial charge >= 0.3 is 6.03 Å². The molecule has 0 aromatic rings. The Labute approximate surface area is 146 Å². The van der Waals surface area contributed by atoms with Crippen LogP contribution in [0.1, 0.15) is 77.0 Å². The summed E-state index contributed by atoms with van der Waals surface area (Å²) in [6.45, 7) is 2.76. The molecule has 2 aliphatic carbocycles. The maximum absolute atomic E-state index is 12.8. The van der Waals surface area contributed by atoms with E-state index in [0.29, 0.717) is 17.6 Å². The van der Waals surface area contributed by atoms with E-state index in [2.05, 4.69) is 10.2 Å². The van der Waals surface area contributed by atoms with Gasteiger partial charge < -0.3 is 15.0 Å². The summed E-state index contributed by atoms with van der Waals surface area (Å²) in [5.74, 6) is 0.772. The van der Waals surface area contributed by atoms with E-state index in [1.165, 1.54) is 64.2 Å². The van der Waals surface area contributed by atoms with Gasteiger partial charge in [-0.15, -0.1) is 0 Å². The lowest BCUT2D eigenvalue weighted by Crippen LogP contribution is -2.53. The number of rotatable bonds is 2. The van der Waals surface area contributed by atoms with Crippen molar-refractivity contribution in [1.29, 1.82) is 0 Å². The van der Waals surface area contributed by atoms with Crippen LogP contribution in [-0.2, 0) is 4.74 Å². The van der Waals surface area contributed by atoms with Crippen LogP contribution in [0.2, 0.25) is 0 Å². The van der Waals surface area contributed by atoms with Gasteiger partial charge in [-0.3, -0.25) is 0 Å². The van der Waals surface area contributed by atoms with E-state index in [1.54, 1.807) is 0 Å². The Bertz CT molecular complexity index is 441. The van der Waals surface area contributed by atoms with Crippen molar-refractivity contribution < 1.29 is 9.53 Å². The van der Waals surface area contributed by atoms with Gasteiger partial charge in [0.2, 0.25) is 0 Å². The fourth-order valence-electron chi connectivity index (χ4n) is 5.29. The lowest BCUT2D eigenvalue weighted by Gasteiger charge is -2.43. The molecule has 0 bridgehead atoms. The van der Waals surface area contributed by atoms with Gasteiger partial charge in [-0.05, 0) is 62.7 Å². The molecule has 2 amide bonds. The molecule has 2 atom stereocenters. The van der Waals surface area contributed by atoms with Gasteiger partial charge in [-0.1, -0.05) is 25.7 Å². The third-order valence-corrected chi connectivity index (χ3v) is 6.90. The third kappa shape index (κ3) is 3.89. The van der Waals surface area contributed by atoms with Crippen molar-refractivity contribution in [2.75, 3.05) is 19.7 Å². The molecule has 24 heavy (non-hydrogen) atoms. The molecule has 0 radical (unpaired) electrons. The van der Waals surface area contributed by atoms with Gasteiger partial charge in [0.05, 0.1) is 6.10 Å². The molecule has 0 aromatic heterocycles. The summed E-state index contributed by atoms with van der Waals surface area (Å²) >= 11 is 0. The minimum Gasteiger partial charge on any atom is -0.378 e. The van der Waals surface area contributed by atoms with Crippen LogP contribution in [0.25, 0.3) is 0 Å². The summed E-state index contributed by atoms with van der Waals surface area (Å²) in [5.41, 5.74) is 0.429. The van der Waals surface area contributed by atoms with Gasteiger partial charge in [-0.2, -0.15) is 0 Å². The first kappa shape index (κ1) is 16.7. The van der Waals surface area contributed by atoms with Gasteiger partial charge in [0.15, 0.2) is 0 Å². The van der Waals surface area contributed by atoms with Crippen LogP contribution < -0.4 is 5.32 Å². The molecule has 0 aromatic carbocycles. The van der Waals surface area contributed by atoms with Gasteiger partial charge in [0, 0.05) is 25.7 Å². The highest BCUT2D eigenvalue weighted by atomic mass is 16.5. The van der Waals surface area contributed by atoms with Crippen LogP contribution in [-0.4, -0.2) is 42.8 Å². The predicted octanol–water partition coefficient (Wildman–Crippen LogP) is 4.09. The summed E-state index contributed by atoms with van der Waals surface area (Å²) in [4.78, 5) is 15.0. The molecular formula is C20H34N2O2. The summed E-state index contributed by atoms with van der Waals surface area (Å²) < 4.78 is 5.90. The number of carbonyl (C=O) groups excluding carboxylic acids is 1. The summed E-state index contributed by atoms with van der Waals surface area (Å²) in [7, 11) is 0. The highest BCUT2D eigenvalue weighted by Crippen LogP contribution is 2.42. The minimum absolute atomic E-state index is 0.194. The average Bonchev–Trinajstić information content (AvgIpc) is 3.44. The molecule has 136 valence electrons. The molecule has 4 heteroatoms. The van der Waals surface area contributed by atoms with E-state index >= 15 is 0 Å². The first-order valence-electron chi connectivity index (χ1n) is 10.4. The number of carbonyl (C=O) groups is 1. The molecule has 2 aliphatic heterocycles. The fourth-order valence-corrected chi connectivity index (χ4v) is 5.29. The van der Waals surface area contributed by atoms with E-state index in [9.17, 15) is 4.79 Å². The Kier molecular flexibility index (Phi) is 5.03. The molecule has 4 nitrogen and oxygen atoms in total. The highest BCUT2D eigenvalue weighted by Gasteiger charge is 2.39. The maximum Gasteiger partial charge on any atom is 0.317 e. The van der Waals surface area contributed by atoms with Crippen LogP contribution >= 0.6 is 0 Å². The number of likely N-dealkylation sites (tertiary alicyclic amines) is 1. The number of nitrogens with one attached hydrogen (secondary N) is 1. The Balaban J connectivity index is 1.31. The molecule has 2 saturated carbocycles. The predicted molar refractivity (Wildman–Crippen MR) is 95.0 cm³/mol. The van der Waals surface area contributed by atoms with Gasteiger partial charge in [0.25, 0.3) is 0 Å². The fraction of sp³-hybridized carbons (Fsp3) is 0.950. The van der Waals surface area contributed by atoms with Crippen molar-refractivity contribution in [3.63, 3.8) is 0 Å². The maximum atomic E-state index is 12.8. The summed E-state index contributed by atoms with van der Waals surface area (Å²) in [6.07, 6.45) is 15.7. The smallest absolute Gasteiger partial charge is 0.317 e. The number of urea groups is 1. The molecule has 4 rings (SSSR count). The number of ether oxygens (including phenoxy) is 1. The summed E-state index contributed by atoms with van der Waals surface area (Å²) in [6, 6.07) is 0.517. The lowest BCUT2D eigenvalue weighted by atomic mass is 9.74. The van der Waals surface area contributed by atoms with Crippen molar-refractivity contribution in [3.05, 3.63) is 0 Å². The molecule has 1 spiro atoms. The van der Waals surface area contributed by atoms with E-state index < -0.39 is 0 Å². The first-order valence-corrected chi connectivity index (χ1v) is 10.4. The van der Waals surface area contributed by atoms with Crippen molar-refractivity contribution in [2.24, 2.45) is 11.3 Å². The molecule has 2 heterocycles. The zero-order chi connectivity index (χ0) is 16.4. The normalized spacial score (nSPS) is 33.9. The van der Waals surface area contributed by atoms with Crippen LogP contribution in [0.3, 0.4) is 0 Å². The van der Waals surface area contributed by atoms with Crippen LogP contribution in [0.4, 0.5) is 4.79 Å². The van der Waals surface area contributed by atoms with Crippen LogP contribution in [0.15, 0.2) is 0 Å². The summed E-state index contributed by atoms with van der Waals surface area (Å²) in [5, 5.41) is 3.35. The second-order valence-corrected chi connectivity index (χ2v) is 8.86. The lowest BCUT2D eigenvalue weighted by molar-refractivity contribution is -0.0105. The van der Waals surface area contributed by atoms with Crippen LogP contribution in [0.5, 0.6) is 0 Å². The van der Waals surface area contributed by atoms with Crippen molar-refractivity contribution >= 4 is 6.03 Å². The Morgan fingerprint density at radius 3 is 2.50 bits per heavy atom. The first-order chi connectivity index (χ1) is 11.7. The van der Waals surface area contributed by atoms with E-state index in [4.69, 9.17) is 4.74 Å². The standard InChI is InChI=1S/C20H34N2O2/c23-19(21-17-8-13-24-18(14-17)16-6-7-16)22-12-5-11-20(15-22)9-3-1-2-4-10-20/h16-18H,1-15H2,(H,21,23). The minimum atomic E-state index is 0.194. The Morgan fingerprint density at radius 2 is 1.75 bits per heavy atom. The molecule has 2 saturated heterocycles. The van der Waals surface area contributed by atoms with E-state index in [1.807, 2.05) is 0 Å². The Hall–Kier alpha value is -0.770. The monoisotopic (exact) mass is 334 g/mol. The quantitative estimate of drug-likeness (QED) is 0.826. The Morgan fingerprint density at radius 1 is 1.00 bits per heavy atom. The molecule has 1 N–H and O–H groups in total. The van der Waals surface area contributed by atoms with Crippen molar-refractivity contribution in [3.8, 4) is 0 Å². The topological polar surface area (TPSA) is 41.6 Å². The highest BCUT2D eigenvalue weighted by molar-refractivity contribution is 5.74. The molecule has 4 fully saturated rings. The second-order valence-electron chi connectivity index (χ2n) is 8.86. The van der Waals surface area contributed by atoms with Crippen molar-refractivity contribution in [1.82, 2.24) is 10.2 Å². The van der Waals surface area contributed by atoms with Crippen LogP contribution in [0, 0.1) is 11.3 Å². The van der Waals surface area contributed by atoms with E-state index in [-0.39, 0.29) is 6.03 Å². The third-order valence-electron chi connectivity index (χ3n) is 6.90. The number of hydrogen-bond acceptors (Lipinski definition) is 2. The largest absolute Gasteiger partial charge is 0.378 e. The number of amides is 2. The average molecular weight is 335 g/mol. The zero-order valence-corrected chi connectivity index (χ0v) is 15.1. The molecular weight excluding hydrogens is 300 g/mol. The SMILES string of the molecule is O=C(NC1CCOC(C2CC2)C1)N1CCCC2(CCCCCC2)C1. The molecule has 4 aliphatic rings. The van der Waals surface area contributed by atoms with Gasteiger partial charge in [0.1, 0.15) is 0 Å². The molecule has 2 unspecified atom stereocenters. The van der Waals surface area contributed by atoms with E-state index in [0.717, 1.165) is 38.5 Å². The second kappa shape index (κ2) is 7.23. The number of nitrogens with zero attached hydrogens (tertiary/aromatic N) is 1. The zero-order valence-electron chi connectivity index (χ0n) is 15.1. The van der Waals surface area contributed by atoms with Gasteiger partial charge in [-0.25, -0.2) is 4.79 Å². The van der Waals surface area contributed by atoms with Crippen molar-refractivity contribution in [2.45, 2.75) is 89.2 Å². The number of piperidine rings is 1. The number of hydrogen-bond donors (Lipinski definition) is 1.